The highest BCUT2D eigenvalue weighted by Gasteiger charge is 2.41. The third kappa shape index (κ3) is 13.5. The van der Waals surface area contributed by atoms with Gasteiger partial charge in [-0.1, -0.05) is 48.0 Å². The predicted molar refractivity (Wildman–Crippen MR) is 217 cm³/mol. The minimum absolute atomic E-state index is 0.0946. The first-order chi connectivity index (χ1) is 27.0. The molecule has 0 aliphatic carbocycles. The fraction of sp³-hybridized carbons (Fsp3) is 0.667. The molecule has 0 radical (unpaired) electrons. The highest BCUT2D eigenvalue weighted by molar-refractivity contribution is 7.10. The average molecular weight is 850 g/mol. The van der Waals surface area contributed by atoms with Gasteiger partial charge in [-0.25, -0.2) is 19.6 Å². The molecule has 0 unspecified atom stereocenters. The van der Waals surface area contributed by atoms with E-state index in [2.05, 4.69) is 31.2 Å². The zero-order valence-electron chi connectivity index (χ0n) is 35.2. The third-order valence-electron chi connectivity index (χ3n) is 9.43. The lowest BCUT2D eigenvalue weighted by atomic mass is 9.97. The molecule has 0 saturated carbocycles. The fourth-order valence-electron chi connectivity index (χ4n) is 6.34. The molecule has 17 nitrogen and oxygen atoms in total. The molecule has 0 bridgehead atoms. The van der Waals surface area contributed by atoms with Gasteiger partial charge in [-0.15, -0.1) is 22.7 Å². The van der Waals surface area contributed by atoms with Crippen LogP contribution in [0.4, 0.5) is 4.79 Å². The van der Waals surface area contributed by atoms with E-state index in [9.17, 15) is 38.7 Å². The van der Waals surface area contributed by atoms with Gasteiger partial charge >= 0.3 is 18.0 Å². The van der Waals surface area contributed by atoms with Crippen molar-refractivity contribution >= 4 is 64.3 Å². The highest BCUT2D eigenvalue weighted by atomic mass is 32.1. The quantitative estimate of drug-likeness (QED) is 0.125. The third-order valence-corrected chi connectivity index (χ3v) is 11.3. The summed E-state index contributed by atoms with van der Waals surface area (Å²) < 4.78 is 10.7. The molecule has 0 aromatic carbocycles. The van der Waals surface area contributed by atoms with Gasteiger partial charge in [0.2, 0.25) is 17.7 Å². The van der Waals surface area contributed by atoms with Crippen LogP contribution in [0.3, 0.4) is 0 Å². The molecule has 7 atom stereocenters. The first kappa shape index (κ1) is 47.7. The van der Waals surface area contributed by atoms with Crippen molar-refractivity contribution in [2.45, 2.75) is 144 Å². The van der Waals surface area contributed by atoms with E-state index in [1.807, 2.05) is 20.8 Å². The van der Waals surface area contributed by atoms with Crippen molar-refractivity contribution in [1.82, 2.24) is 36.1 Å². The van der Waals surface area contributed by atoms with Crippen molar-refractivity contribution in [3.8, 4) is 0 Å². The minimum Gasteiger partial charge on any atom is -0.476 e. The summed E-state index contributed by atoms with van der Waals surface area (Å²) in [5.41, 5.74) is -0.777. The maximum atomic E-state index is 14.3. The lowest BCUT2D eigenvalue weighted by Crippen LogP contribution is -2.62. The zero-order valence-corrected chi connectivity index (χ0v) is 36.8. The van der Waals surface area contributed by atoms with Gasteiger partial charge in [0, 0.05) is 24.2 Å². The Bertz CT molecular complexity index is 1790. The van der Waals surface area contributed by atoms with Gasteiger partial charge in [-0.3, -0.25) is 24.0 Å². The zero-order chi connectivity index (χ0) is 43.6. The monoisotopic (exact) mass is 849 g/mol. The summed E-state index contributed by atoms with van der Waals surface area (Å²) in [5.74, 6) is -4.80. The highest BCUT2D eigenvalue weighted by Crippen LogP contribution is 2.35. The summed E-state index contributed by atoms with van der Waals surface area (Å²) in [5, 5.41) is 24.4. The van der Waals surface area contributed by atoms with E-state index in [0.29, 0.717) is 42.2 Å². The van der Waals surface area contributed by atoms with E-state index in [-0.39, 0.29) is 23.2 Å². The summed E-state index contributed by atoms with van der Waals surface area (Å²) in [6, 6.07) is -4.61. The number of nitrogens with zero attached hydrogens (tertiary/aromatic N) is 3. The summed E-state index contributed by atoms with van der Waals surface area (Å²) in [6.45, 7) is 19.1. The molecule has 3 heterocycles. The Morgan fingerprint density at radius 3 is 2.05 bits per heavy atom. The van der Waals surface area contributed by atoms with E-state index >= 15 is 0 Å². The Morgan fingerprint density at radius 1 is 0.879 bits per heavy atom. The van der Waals surface area contributed by atoms with Crippen molar-refractivity contribution in [1.29, 1.82) is 0 Å². The number of aromatic carboxylic acids is 1. The van der Waals surface area contributed by atoms with Gasteiger partial charge in [0.25, 0.3) is 5.91 Å². The molecular formula is C39H59N7O10S2. The summed E-state index contributed by atoms with van der Waals surface area (Å²) in [6.07, 6.45) is 0.258. The molecule has 2 aromatic rings. The second-order valence-electron chi connectivity index (χ2n) is 16.3. The molecule has 1 aliphatic rings. The lowest BCUT2D eigenvalue weighted by molar-refractivity contribution is -0.151. The van der Waals surface area contributed by atoms with Crippen LogP contribution in [0.2, 0.25) is 0 Å². The first-order valence-corrected chi connectivity index (χ1v) is 21.3. The largest absolute Gasteiger partial charge is 0.476 e. The number of nitrogens with one attached hydrogen (secondary N) is 4. The topological polar surface area (TPSA) is 235 Å². The van der Waals surface area contributed by atoms with Crippen LogP contribution in [0.1, 0.15) is 145 Å². The number of alkyl carbamates (subject to hydrolysis) is 1. The van der Waals surface area contributed by atoms with E-state index in [4.69, 9.17) is 9.47 Å². The maximum Gasteiger partial charge on any atom is 0.408 e. The molecule has 2 aromatic heterocycles. The standard InChI is InChI=1S/C39H59N7O10S2/c1-12-21(6)29(45-38(54)56-39(9,10)11)32(49)44-30(22(7)55-23(8)47)33(50)43-28(20(4)5)36(51)46-15-13-14-27(46)35-41-25(17-58-35)31(48)40-24(16-19(2)3)34-42-26(18-57-34)37(52)53/h17-22,24,27-30H,12-16H2,1-11H3,(H,40,48)(H,43,50)(H,44,49)(H,45,54)(H,52,53)/t21-,22+,24+,27-,28-,29+,30-/m0/s1. The molecule has 5 N–H and O–H groups in total. The normalized spacial score (nSPS) is 17.4. The molecule has 5 amide bonds. The minimum atomic E-state index is -1.44. The summed E-state index contributed by atoms with van der Waals surface area (Å²) >= 11 is 2.39. The van der Waals surface area contributed by atoms with Gasteiger partial charge in [0.05, 0.1) is 12.1 Å². The van der Waals surface area contributed by atoms with Crippen LogP contribution in [0, 0.1) is 17.8 Å². The molecule has 3 rings (SSSR count). The second-order valence-corrected chi connectivity index (χ2v) is 18.1. The number of carbonyl (C=O) groups excluding carboxylic acids is 6. The van der Waals surface area contributed by atoms with Crippen molar-refractivity contribution < 1.29 is 48.1 Å². The van der Waals surface area contributed by atoms with E-state index in [1.165, 1.54) is 30.6 Å². The van der Waals surface area contributed by atoms with Crippen LogP contribution in [0.15, 0.2) is 10.8 Å². The number of rotatable bonds is 18. The Labute approximate surface area is 347 Å². The number of hydrogen-bond acceptors (Lipinski definition) is 13. The Morgan fingerprint density at radius 2 is 1.50 bits per heavy atom. The molecule has 322 valence electrons. The van der Waals surface area contributed by atoms with Gasteiger partial charge in [0.1, 0.15) is 45.5 Å². The van der Waals surface area contributed by atoms with E-state index < -0.39 is 89.5 Å². The molecule has 1 saturated heterocycles. The van der Waals surface area contributed by atoms with Crippen LogP contribution in [-0.4, -0.2) is 98.0 Å². The fourth-order valence-corrected chi connectivity index (χ4v) is 8.15. The van der Waals surface area contributed by atoms with Crippen molar-refractivity contribution in [3.63, 3.8) is 0 Å². The van der Waals surface area contributed by atoms with Crippen molar-refractivity contribution in [3.05, 3.63) is 32.2 Å². The number of carbonyl (C=O) groups is 7. The average Bonchev–Trinajstić information content (AvgIpc) is 3.91. The van der Waals surface area contributed by atoms with Gasteiger partial charge in [-0.05, 0) is 64.7 Å². The van der Waals surface area contributed by atoms with Gasteiger partial charge in [-0.2, -0.15) is 0 Å². The summed E-state index contributed by atoms with van der Waals surface area (Å²) in [4.78, 5) is 102. The lowest BCUT2D eigenvalue weighted by Gasteiger charge is -2.33. The number of hydrogen-bond donors (Lipinski definition) is 5. The predicted octanol–water partition coefficient (Wildman–Crippen LogP) is 5.00. The second kappa shape index (κ2) is 20.9. The number of thiazole rings is 2. The number of aromatic nitrogens is 2. The van der Waals surface area contributed by atoms with Crippen LogP contribution in [0.5, 0.6) is 0 Å². The number of amides is 5. The number of carboxylic acids is 1. The maximum absolute atomic E-state index is 14.3. The molecule has 1 fully saturated rings. The van der Waals surface area contributed by atoms with E-state index in [0.717, 1.165) is 11.3 Å². The number of esters is 1. The molecule has 1 aliphatic heterocycles. The Kier molecular flexibility index (Phi) is 17.2. The molecule has 0 spiro atoms. The van der Waals surface area contributed by atoms with Crippen molar-refractivity contribution in [2.24, 2.45) is 17.8 Å². The van der Waals surface area contributed by atoms with Crippen LogP contribution in [-0.2, 0) is 28.7 Å². The van der Waals surface area contributed by atoms with Crippen LogP contribution < -0.4 is 21.3 Å². The molecule has 58 heavy (non-hydrogen) atoms. The number of carboxylic acid groups (broad SMARTS) is 1. The van der Waals surface area contributed by atoms with Gasteiger partial charge < -0.3 is 40.7 Å². The number of ether oxygens (including phenoxy) is 2. The smallest absolute Gasteiger partial charge is 0.408 e. The van der Waals surface area contributed by atoms with Crippen LogP contribution >= 0.6 is 22.7 Å². The summed E-state index contributed by atoms with van der Waals surface area (Å²) in [7, 11) is 0. The van der Waals surface area contributed by atoms with Crippen molar-refractivity contribution in [2.75, 3.05) is 6.54 Å². The molecule has 19 heteroatoms. The number of likely N-dealkylation sites (tertiary alicyclic amines) is 1. The Balaban J connectivity index is 1.82. The van der Waals surface area contributed by atoms with Crippen LogP contribution in [0.25, 0.3) is 0 Å². The van der Waals surface area contributed by atoms with Gasteiger partial charge in [0.15, 0.2) is 5.69 Å². The Hall–Kier alpha value is -4.65. The molecular weight excluding hydrogens is 791 g/mol. The van der Waals surface area contributed by atoms with E-state index in [1.54, 1.807) is 51.8 Å². The first-order valence-electron chi connectivity index (χ1n) is 19.6. The SMILES string of the molecule is CC[C@H](C)[C@@H](NC(=O)OC(C)(C)C)C(=O)N[C@H](C(=O)N[C@H](C(=O)N1CCC[C@H]1c1nc(C(=O)N[C@H](CC(C)C)c2nc(C(=O)O)cs2)cs1)C(C)C)[C@@H](C)OC(C)=O.